The smallest absolute Gasteiger partial charge is 0.229 e. The van der Waals surface area contributed by atoms with Crippen molar-refractivity contribution in [3.05, 3.63) is 34.3 Å². The first-order valence-electron chi connectivity index (χ1n) is 7.94. The number of fused-ring (bicyclic) bond motifs is 1. The van der Waals surface area contributed by atoms with E-state index >= 15 is 0 Å². The number of amides is 1. The molecule has 1 amide bonds. The van der Waals surface area contributed by atoms with E-state index in [2.05, 4.69) is 16.7 Å². The number of rotatable bonds is 4. The lowest BCUT2D eigenvalue weighted by atomic mass is 9.78. The van der Waals surface area contributed by atoms with E-state index in [4.69, 9.17) is 16.3 Å². The summed E-state index contributed by atoms with van der Waals surface area (Å²) in [6.07, 6.45) is 3.49. The number of carbonyl (C=O) groups is 1. The van der Waals surface area contributed by atoms with Crippen LogP contribution >= 0.6 is 24.0 Å². The Morgan fingerprint density at radius 2 is 2.17 bits per heavy atom. The molecule has 0 bridgehead atoms. The molecule has 1 unspecified atom stereocenters. The Kier molecular flexibility index (Phi) is 6.32. The van der Waals surface area contributed by atoms with Crippen LogP contribution in [-0.4, -0.2) is 32.7 Å². The highest BCUT2D eigenvalue weighted by Gasteiger charge is 2.41. The molecule has 4 nitrogen and oxygen atoms in total. The predicted molar refractivity (Wildman–Crippen MR) is 94.3 cm³/mol. The molecule has 2 aliphatic rings. The van der Waals surface area contributed by atoms with Crippen LogP contribution in [0.2, 0.25) is 5.02 Å². The van der Waals surface area contributed by atoms with Crippen LogP contribution in [0.1, 0.15) is 36.4 Å². The molecule has 3 rings (SSSR count). The number of methoxy groups -OCH3 is 1. The van der Waals surface area contributed by atoms with E-state index in [1.165, 1.54) is 11.1 Å². The highest BCUT2D eigenvalue weighted by Crippen LogP contribution is 2.37. The van der Waals surface area contributed by atoms with Crippen molar-refractivity contribution in [1.29, 1.82) is 0 Å². The van der Waals surface area contributed by atoms with Crippen molar-refractivity contribution in [2.75, 3.05) is 26.8 Å². The van der Waals surface area contributed by atoms with Crippen LogP contribution in [0, 0.1) is 5.41 Å². The zero-order valence-corrected chi connectivity index (χ0v) is 14.9. The van der Waals surface area contributed by atoms with E-state index in [0.717, 1.165) is 43.8 Å². The maximum absolute atomic E-state index is 12.9. The van der Waals surface area contributed by atoms with Gasteiger partial charge in [0.2, 0.25) is 5.91 Å². The van der Waals surface area contributed by atoms with Gasteiger partial charge in [-0.25, -0.2) is 0 Å². The van der Waals surface area contributed by atoms with Crippen molar-refractivity contribution in [3.63, 3.8) is 0 Å². The number of nitrogens with one attached hydrogen (secondary N) is 2. The zero-order valence-electron chi connectivity index (χ0n) is 13.4. The van der Waals surface area contributed by atoms with E-state index < -0.39 is 5.41 Å². The third-order valence-corrected chi connectivity index (χ3v) is 5.34. The topological polar surface area (TPSA) is 50.4 Å². The highest BCUT2D eigenvalue weighted by atomic mass is 35.5. The first-order valence-corrected chi connectivity index (χ1v) is 8.32. The standard InChI is InChI=1S/C17H23ClN2O2.ClH/c1-22-11-17(7-9-19-10-8-17)16(21)20-15-6-5-12-13(15)3-2-4-14(12)18;/h2-4,15,19H,5-11H2,1H3,(H,20,21);1H. The minimum absolute atomic E-state index is 0. The van der Waals surface area contributed by atoms with Gasteiger partial charge in [0.1, 0.15) is 0 Å². The van der Waals surface area contributed by atoms with Crippen LogP contribution in [0.5, 0.6) is 0 Å². The van der Waals surface area contributed by atoms with Gasteiger partial charge in [0.05, 0.1) is 18.1 Å². The largest absolute Gasteiger partial charge is 0.384 e. The van der Waals surface area contributed by atoms with Crippen LogP contribution < -0.4 is 10.6 Å². The molecule has 1 aliphatic heterocycles. The lowest BCUT2D eigenvalue weighted by Crippen LogP contribution is -2.50. The molecule has 0 aromatic heterocycles. The minimum Gasteiger partial charge on any atom is -0.384 e. The van der Waals surface area contributed by atoms with Crippen LogP contribution in [0.15, 0.2) is 18.2 Å². The molecule has 0 radical (unpaired) electrons. The Balaban J connectivity index is 0.00000192. The molecule has 1 saturated heterocycles. The SMILES string of the molecule is COCC1(C(=O)NC2CCc3c(Cl)cccc32)CCNCC1.Cl. The maximum atomic E-state index is 12.9. The van der Waals surface area contributed by atoms with Gasteiger partial charge in [-0.3, -0.25) is 4.79 Å². The second-order valence-electron chi connectivity index (χ2n) is 6.34. The highest BCUT2D eigenvalue weighted by molar-refractivity contribution is 6.31. The lowest BCUT2D eigenvalue weighted by molar-refractivity contribution is -0.137. The summed E-state index contributed by atoms with van der Waals surface area (Å²) >= 11 is 6.26. The summed E-state index contributed by atoms with van der Waals surface area (Å²) in [4.78, 5) is 12.9. The second kappa shape index (κ2) is 7.84. The monoisotopic (exact) mass is 358 g/mol. The number of benzene rings is 1. The average Bonchev–Trinajstić information content (AvgIpc) is 2.93. The van der Waals surface area contributed by atoms with Gasteiger partial charge in [0, 0.05) is 12.1 Å². The Morgan fingerprint density at radius 1 is 1.43 bits per heavy atom. The Bertz CT molecular complexity index is 554. The molecule has 1 atom stereocenters. The molecule has 1 aromatic rings. The molecule has 1 heterocycles. The first-order chi connectivity index (χ1) is 10.7. The van der Waals surface area contributed by atoms with E-state index in [1.54, 1.807) is 7.11 Å². The van der Waals surface area contributed by atoms with Crippen molar-refractivity contribution in [1.82, 2.24) is 10.6 Å². The summed E-state index contributed by atoms with van der Waals surface area (Å²) in [7, 11) is 1.67. The van der Waals surface area contributed by atoms with Gasteiger partial charge in [-0.1, -0.05) is 23.7 Å². The fourth-order valence-corrected chi connectivity index (χ4v) is 3.97. The Labute approximate surface area is 148 Å². The van der Waals surface area contributed by atoms with E-state index in [-0.39, 0.29) is 24.4 Å². The summed E-state index contributed by atoms with van der Waals surface area (Å²) in [5.74, 6) is 0.119. The second-order valence-corrected chi connectivity index (χ2v) is 6.74. The zero-order chi connectivity index (χ0) is 15.6. The number of carbonyl (C=O) groups excluding carboxylic acids is 1. The van der Waals surface area contributed by atoms with Crippen molar-refractivity contribution in [3.8, 4) is 0 Å². The summed E-state index contributed by atoms with van der Waals surface area (Å²) < 4.78 is 5.35. The van der Waals surface area contributed by atoms with E-state index in [9.17, 15) is 4.79 Å². The summed E-state index contributed by atoms with van der Waals surface area (Å²) in [5, 5.41) is 7.38. The van der Waals surface area contributed by atoms with Crippen molar-refractivity contribution in [2.24, 2.45) is 5.41 Å². The first kappa shape index (κ1) is 18.5. The molecule has 128 valence electrons. The Morgan fingerprint density at radius 3 is 2.87 bits per heavy atom. The van der Waals surface area contributed by atoms with Gasteiger partial charge in [0.15, 0.2) is 0 Å². The third-order valence-electron chi connectivity index (χ3n) is 4.98. The minimum atomic E-state index is -0.401. The molecule has 6 heteroatoms. The molecule has 0 saturated carbocycles. The molecule has 0 spiro atoms. The Hall–Kier alpha value is -0.810. The average molecular weight is 359 g/mol. The number of hydrogen-bond acceptors (Lipinski definition) is 3. The fraction of sp³-hybridized carbons (Fsp3) is 0.588. The van der Waals surface area contributed by atoms with Gasteiger partial charge in [-0.05, 0) is 56.0 Å². The number of ether oxygens (including phenoxy) is 1. The molecule has 1 aliphatic carbocycles. The summed E-state index contributed by atoms with van der Waals surface area (Å²) in [6, 6.07) is 6.03. The van der Waals surface area contributed by atoms with Crippen LogP contribution in [0.4, 0.5) is 0 Å². The summed E-state index contributed by atoms with van der Waals surface area (Å²) in [5.41, 5.74) is 1.95. The van der Waals surface area contributed by atoms with Gasteiger partial charge in [-0.15, -0.1) is 12.4 Å². The van der Waals surface area contributed by atoms with Crippen molar-refractivity contribution >= 4 is 29.9 Å². The summed E-state index contributed by atoms with van der Waals surface area (Å²) in [6.45, 7) is 2.21. The van der Waals surface area contributed by atoms with Crippen LogP contribution in [0.25, 0.3) is 0 Å². The predicted octanol–water partition coefficient (Wildman–Crippen LogP) is 2.88. The van der Waals surface area contributed by atoms with Crippen LogP contribution in [0.3, 0.4) is 0 Å². The number of hydrogen-bond donors (Lipinski definition) is 2. The normalized spacial score (nSPS) is 22.1. The maximum Gasteiger partial charge on any atom is 0.229 e. The molecular weight excluding hydrogens is 335 g/mol. The van der Waals surface area contributed by atoms with Crippen molar-refractivity contribution in [2.45, 2.75) is 31.7 Å². The van der Waals surface area contributed by atoms with Gasteiger partial charge < -0.3 is 15.4 Å². The quantitative estimate of drug-likeness (QED) is 0.869. The van der Waals surface area contributed by atoms with Gasteiger partial charge in [0.25, 0.3) is 0 Å². The van der Waals surface area contributed by atoms with E-state index in [0.29, 0.717) is 6.61 Å². The van der Waals surface area contributed by atoms with Gasteiger partial charge >= 0.3 is 0 Å². The number of piperidine rings is 1. The molecule has 1 aromatic carbocycles. The lowest BCUT2D eigenvalue weighted by Gasteiger charge is -2.36. The number of halogens is 2. The molecular formula is C17H24Cl2N2O2. The third kappa shape index (κ3) is 3.66. The van der Waals surface area contributed by atoms with Gasteiger partial charge in [-0.2, -0.15) is 0 Å². The molecule has 23 heavy (non-hydrogen) atoms. The fourth-order valence-electron chi connectivity index (χ4n) is 3.69. The van der Waals surface area contributed by atoms with Crippen LogP contribution in [-0.2, 0) is 16.0 Å². The molecule has 2 N–H and O–H groups in total. The van der Waals surface area contributed by atoms with Crippen molar-refractivity contribution < 1.29 is 9.53 Å². The van der Waals surface area contributed by atoms with E-state index in [1.807, 2.05) is 12.1 Å². The molecule has 1 fully saturated rings.